The molecule has 4 aromatic rings. The molecule has 0 bridgehead atoms. The number of ether oxygens (including phenoxy) is 1. The van der Waals surface area contributed by atoms with Crippen LogP contribution in [-0.4, -0.2) is 49.2 Å². The molecule has 2 heterocycles. The first-order valence-electron chi connectivity index (χ1n) is 10.0. The molecule has 1 amide bonds. The van der Waals surface area contributed by atoms with Crippen LogP contribution in [0.5, 0.6) is 0 Å². The highest BCUT2D eigenvalue weighted by Crippen LogP contribution is 2.24. The fraction of sp³-hybridized carbons (Fsp3) is 0.182. The van der Waals surface area contributed by atoms with E-state index in [1.807, 2.05) is 0 Å². The van der Waals surface area contributed by atoms with Crippen LogP contribution in [0.2, 0.25) is 0 Å². The predicted molar refractivity (Wildman–Crippen MR) is 120 cm³/mol. The second-order valence-electron chi connectivity index (χ2n) is 6.83. The summed E-state index contributed by atoms with van der Waals surface area (Å²) in [6, 6.07) is 12.7. The average Bonchev–Trinajstić information content (AvgIpc) is 3.23. The number of aromatic nitrogens is 5. The van der Waals surface area contributed by atoms with E-state index in [1.165, 1.54) is 30.2 Å². The van der Waals surface area contributed by atoms with E-state index in [9.17, 15) is 14.0 Å². The minimum atomic E-state index is -0.503. The molecule has 4 rings (SSSR count). The highest BCUT2D eigenvalue weighted by Gasteiger charge is 2.16. The number of anilines is 1. The Labute approximate surface area is 192 Å². The molecule has 0 saturated carbocycles. The van der Waals surface area contributed by atoms with Crippen molar-refractivity contribution in [3.63, 3.8) is 0 Å². The van der Waals surface area contributed by atoms with Gasteiger partial charge in [0.05, 0.1) is 30.2 Å². The van der Waals surface area contributed by atoms with Crippen molar-refractivity contribution in [3.05, 3.63) is 71.8 Å². The second-order valence-corrected chi connectivity index (χ2v) is 7.79. The molecule has 0 aliphatic carbocycles. The summed E-state index contributed by atoms with van der Waals surface area (Å²) < 4.78 is 19.8. The van der Waals surface area contributed by atoms with Gasteiger partial charge in [-0.3, -0.25) is 4.79 Å². The standard InChI is InChI=1S/C22H19FN6O3S/c1-2-32-22(31)16-5-3-4-6-17(16)26-18(30)12-33-21-19-20(24-13-25-21)29(28-27-19)11-14-7-9-15(23)10-8-14/h3-10,13H,2,11-12H2,1H3,(H,26,30). The number of carbonyl (C=O) groups excluding carboxylic acids is 2. The molecule has 168 valence electrons. The molecule has 0 fully saturated rings. The lowest BCUT2D eigenvalue weighted by Gasteiger charge is -2.10. The van der Waals surface area contributed by atoms with Gasteiger partial charge < -0.3 is 10.1 Å². The van der Waals surface area contributed by atoms with Gasteiger partial charge in [-0.2, -0.15) is 0 Å². The van der Waals surface area contributed by atoms with E-state index in [1.54, 1.807) is 48.0 Å². The molecule has 0 aliphatic heterocycles. The molecular formula is C22H19FN6O3S. The summed E-state index contributed by atoms with van der Waals surface area (Å²) >= 11 is 1.18. The first kappa shape index (κ1) is 22.3. The topological polar surface area (TPSA) is 112 Å². The molecule has 33 heavy (non-hydrogen) atoms. The lowest BCUT2D eigenvalue weighted by molar-refractivity contribution is -0.113. The van der Waals surface area contributed by atoms with E-state index in [0.717, 1.165) is 5.56 Å². The van der Waals surface area contributed by atoms with E-state index < -0.39 is 5.97 Å². The maximum absolute atomic E-state index is 13.1. The van der Waals surface area contributed by atoms with Crippen molar-refractivity contribution in [2.45, 2.75) is 18.5 Å². The lowest BCUT2D eigenvalue weighted by atomic mass is 10.2. The number of carbonyl (C=O) groups is 2. The monoisotopic (exact) mass is 466 g/mol. The number of benzene rings is 2. The Hall–Kier alpha value is -3.86. The molecule has 1 N–H and O–H groups in total. The summed E-state index contributed by atoms with van der Waals surface area (Å²) in [7, 11) is 0. The van der Waals surface area contributed by atoms with Crippen LogP contribution < -0.4 is 5.32 Å². The SMILES string of the molecule is CCOC(=O)c1ccccc1NC(=O)CSc1ncnc2c1nnn2Cc1ccc(F)cc1. The Kier molecular flexibility index (Phi) is 6.89. The molecule has 0 atom stereocenters. The molecule has 0 aliphatic rings. The number of halogens is 1. The van der Waals surface area contributed by atoms with Crippen LogP contribution in [0, 0.1) is 5.82 Å². The van der Waals surface area contributed by atoms with E-state index >= 15 is 0 Å². The van der Waals surface area contributed by atoms with Crippen molar-refractivity contribution in [1.29, 1.82) is 0 Å². The van der Waals surface area contributed by atoms with Crippen molar-refractivity contribution in [3.8, 4) is 0 Å². The van der Waals surface area contributed by atoms with Gasteiger partial charge in [-0.05, 0) is 36.8 Å². The Morgan fingerprint density at radius 3 is 2.70 bits per heavy atom. The number of para-hydroxylation sites is 1. The number of amides is 1. The van der Waals surface area contributed by atoms with Gasteiger partial charge in [-0.15, -0.1) is 5.10 Å². The van der Waals surface area contributed by atoms with Gasteiger partial charge in [0.1, 0.15) is 17.2 Å². The predicted octanol–water partition coefficient (Wildman–Crippen LogP) is 3.32. The summed E-state index contributed by atoms with van der Waals surface area (Å²) in [6.45, 7) is 2.32. The zero-order valence-electron chi connectivity index (χ0n) is 17.6. The maximum Gasteiger partial charge on any atom is 0.340 e. The number of hydrogen-bond acceptors (Lipinski definition) is 8. The van der Waals surface area contributed by atoms with Gasteiger partial charge in [0.25, 0.3) is 0 Å². The van der Waals surface area contributed by atoms with Gasteiger partial charge in [0, 0.05) is 0 Å². The summed E-state index contributed by atoms with van der Waals surface area (Å²) in [6.07, 6.45) is 1.38. The highest BCUT2D eigenvalue weighted by molar-refractivity contribution is 8.00. The Morgan fingerprint density at radius 2 is 1.91 bits per heavy atom. The number of rotatable bonds is 8. The summed E-state index contributed by atoms with van der Waals surface area (Å²) in [5.41, 5.74) is 2.47. The minimum absolute atomic E-state index is 0.0358. The third-order valence-electron chi connectivity index (χ3n) is 4.55. The summed E-state index contributed by atoms with van der Waals surface area (Å²) in [4.78, 5) is 33.1. The quantitative estimate of drug-likeness (QED) is 0.239. The van der Waals surface area contributed by atoms with Crippen LogP contribution in [0.25, 0.3) is 11.2 Å². The Balaban J connectivity index is 1.45. The zero-order valence-corrected chi connectivity index (χ0v) is 18.4. The van der Waals surface area contributed by atoms with Crippen LogP contribution >= 0.6 is 11.8 Å². The van der Waals surface area contributed by atoms with E-state index in [0.29, 0.717) is 28.4 Å². The molecule has 2 aromatic heterocycles. The largest absolute Gasteiger partial charge is 0.462 e. The summed E-state index contributed by atoms with van der Waals surface area (Å²) in [5, 5.41) is 11.5. The van der Waals surface area contributed by atoms with Gasteiger partial charge >= 0.3 is 5.97 Å². The number of nitrogens with one attached hydrogen (secondary N) is 1. The Morgan fingerprint density at radius 1 is 1.12 bits per heavy atom. The van der Waals surface area contributed by atoms with Crippen molar-refractivity contribution < 1.29 is 18.7 Å². The number of thioether (sulfide) groups is 1. The van der Waals surface area contributed by atoms with Crippen molar-refractivity contribution in [2.24, 2.45) is 0 Å². The highest BCUT2D eigenvalue weighted by atomic mass is 32.2. The first-order chi connectivity index (χ1) is 16.0. The zero-order chi connectivity index (χ0) is 23.2. The molecule has 0 saturated heterocycles. The molecule has 0 unspecified atom stereocenters. The van der Waals surface area contributed by atoms with Crippen molar-refractivity contribution in [1.82, 2.24) is 25.0 Å². The van der Waals surface area contributed by atoms with Gasteiger partial charge in [0.15, 0.2) is 11.2 Å². The number of esters is 1. The Bertz CT molecular complexity index is 1300. The number of fused-ring (bicyclic) bond motifs is 1. The molecular weight excluding hydrogens is 447 g/mol. The first-order valence-corrected chi connectivity index (χ1v) is 11.0. The molecule has 11 heteroatoms. The van der Waals surface area contributed by atoms with Crippen LogP contribution in [-0.2, 0) is 16.1 Å². The number of nitrogens with zero attached hydrogens (tertiary/aromatic N) is 5. The van der Waals surface area contributed by atoms with Crippen molar-refractivity contribution >= 4 is 40.5 Å². The fourth-order valence-corrected chi connectivity index (χ4v) is 3.78. The molecule has 0 spiro atoms. The third kappa shape index (κ3) is 5.32. The third-order valence-corrected chi connectivity index (χ3v) is 5.53. The minimum Gasteiger partial charge on any atom is -0.462 e. The lowest BCUT2D eigenvalue weighted by Crippen LogP contribution is -2.17. The number of hydrogen-bond donors (Lipinski definition) is 1. The molecule has 9 nitrogen and oxygen atoms in total. The summed E-state index contributed by atoms with van der Waals surface area (Å²) in [5.74, 6) is -1.10. The fourth-order valence-electron chi connectivity index (χ4n) is 3.05. The second kappa shape index (κ2) is 10.2. The van der Waals surface area contributed by atoms with Crippen molar-refractivity contribution in [2.75, 3.05) is 17.7 Å². The van der Waals surface area contributed by atoms with Crippen LogP contribution in [0.4, 0.5) is 10.1 Å². The smallest absolute Gasteiger partial charge is 0.340 e. The van der Waals surface area contributed by atoms with E-state index in [4.69, 9.17) is 4.74 Å². The average molecular weight is 466 g/mol. The van der Waals surface area contributed by atoms with Crippen LogP contribution in [0.1, 0.15) is 22.8 Å². The van der Waals surface area contributed by atoms with Crippen LogP contribution in [0.15, 0.2) is 59.9 Å². The molecule has 0 radical (unpaired) electrons. The van der Waals surface area contributed by atoms with Crippen LogP contribution in [0.3, 0.4) is 0 Å². The van der Waals surface area contributed by atoms with Gasteiger partial charge in [-0.1, -0.05) is 41.2 Å². The molecule has 2 aromatic carbocycles. The van der Waals surface area contributed by atoms with E-state index in [-0.39, 0.29) is 29.6 Å². The van der Waals surface area contributed by atoms with E-state index in [2.05, 4.69) is 25.6 Å². The van der Waals surface area contributed by atoms with Gasteiger partial charge in [0.2, 0.25) is 5.91 Å². The van der Waals surface area contributed by atoms with Gasteiger partial charge in [-0.25, -0.2) is 23.8 Å². The normalized spacial score (nSPS) is 10.8. The maximum atomic E-state index is 13.1.